The van der Waals surface area contributed by atoms with Crippen LogP contribution in [0.5, 0.6) is 23.0 Å². The van der Waals surface area contributed by atoms with Gasteiger partial charge in [0.1, 0.15) is 34.9 Å². The molecule has 4 atom stereocenters. The summed E-state index contributed by atoms with van der Waals surface area (Å²) in [5.41, 5.74) is 33.6. The van der Waals surface area contributed by atoms with E-state index in [4.69, 9.17) is 59.1 Å². The smallest absolute Gasteiger partial charge is 0.160 e. The zero-order chi connectivity index (χ0) is 89.2. The number of ether oxygens (including phenoxy) is 3. The Balaban J connectivity index is 0.000000108. The zero-order valence-electron chi connectivity index (χ0n) is 73.7. The Hall–Kier alpha value is -17.0. The molecule has 0 fully saturated rings. The van der Waals surface area contributed by atoms with Gasteiger partial charge >= 0.3 is 0 Å². The minimum absolute atomic E-state index is 0.114. The fourth-order valence-electron chi connectivity index (χ4n) is 20.5. The first-order valence-electron chi connectivity index (χ1n) is 46.5. The number of nitrogens with zero attached hydrogens (tertiary/aromatic N) is 9. The Morgan fingerprint density at radius 3 is 1.49 bits per heavy atom. The average Bonchev–Trinajstić information content (AvgIpc) is 0.743. The summed E-state index contributed by atoms with van der Waals surface area (Å²) in [4.78, 5) is 45.7. The van der Waals surface area contributed by atoms with Gasteiger partial charge in [0.05, 0.1) is 104 Å². The van der Waals surface area contributed by atoms with Gasteiger partial charge < -0.3 is 19.5 Å². The van der Waals surface area contributed by atoms with Crippen LogP contribution in [0.1, 0.15) is 89.9 Å². The fraction of sp³-hybridized carbons (Fsp3) is 0.0902. The first-order valence-corrected chi connectivity index (χ1v) is 46.5. The summed E-state index contributed by atoms with van der Waals surface area (Å²) in [5.74, 6) is 6.10. The highest BCUT2D eigenvalue weighted by atomic mass is 16.5. The maximum atomic E-state index is 6.54. The van der Waals surface area contributed by atoms with E-state index >= 15 is 0 Å². The van der Waals surface area contributed by atoms with Crippen LogP contribution in [0, 0.1) is 0 Å². The lowest BCUT2D eigenvalue weighted by molar-refractivity contribution is 0.203. The summed E-state index contributed by atoms with van der Waals surface area (Å²) in [5, 5.41) is 10.6. The maximum absolute atomic E-state index is 6.54. The van der Waals surface area contributed by atoms with E-state index in [2.05, 4.69) is 327 Å². The molecule has 0 saturated heterocycles. The lowest BCUT2D eigenvalue weighted by Crippen LogP contribution is -2.41. The van der Waals surface area contributed by atoms with Gasteiger partial charge in [0.15, 0.2) is 5.82 Å². The van der Waals surface area contributed by atoms with Crippen molar-refractivity contribution in [2.75, 3.05) is 6.54 Å². The molecular formula is C122H86N10O3. The molecule has 135 heavy (non-hydrogen) atoms. The molecule has 13 nitrogen and oxygen atoms in total. The second-order valence-electron chi connectivity index (χ2n) is 35.4. The van der Waals surface area contributed by atoms with E-state index < -0.39 is 0 Å². The van der Waals surface area contributed by atoms with Crippen LogP contribution in [0.25, 0.3) is 162 Å². The Bertz CT molecular complexity index is 8300. The molecule has 13 heteroatoms. The van der Waals surface area contributed by atoms with Gasteiger partial charge in [0.25, 0.3) is 0 Å². The SMILES string of the molecule is C1=CC(c2cc(-c3ccccc3)nc(-c3ccccc3)c2)CC2=C1NCC(c1ccc3c4c(cccc14)-c1ccccc1O3)=N2.C1=CCC(c2cc(-c3ccccc3)nc(-c3ccc4ncc(-c5ccc6c7c(cccc57)-c5ccccc5O6)nc4c3)c2)C=C1.C1=CCC2OC3=c4c(cccc4=C(c4cnc5ccc(-c6cc(C7C=CC=CC7)nc(-c7ccccc7)n6)cc5n4)CC3)C2=C1. The molecule has 0 radical (unpaired) electrons. The number of aromatic nitrogens is 8. The number of allylic oxidation sites excluding steroid dienone is 13. The third-order valence-electron chi connectivity index (χ3n) is 27.2. The van der Waals surface area contributed by atoms with Crippen molar-refractivity contribution in [3.8, 4) is 124 Å². The molecule has 0 amide bonds. The van der Waals surface area contributed by atoms with Crippen LogP contribution in [-0.2, 0) is 4.74 Å². The van der Waals surface area contributed by atoms with Crippen molar-refractivity contribution in [3.05, 3.63) is 462 Å². The van der Waals surface area contributed by atoms with Crippen molar-refractivity contribution in [2.24, 2.45) is 4.99 Å². The summed E-state index contributed by atoms with van der Waals surface area (Å²) >= 11 is 0. The predicted octanol–water partition coefficient (Wildman–Crippen LogP) is 27.4. The van der Waals surface area contributed by atoms with E-state index in [0.717, 1.165) is 230 Å². The van der Waals surface area contributed by atoms with Crippen LogP contribution in [0.4, 0.5) is 0 Å². The molecular weight excluding hydrogens is 1650 g/mol. The van der Waals surface area contributed by atoms with Gasteiger partial charge in [-0.25, -0.2) is 29.9 Å². The van der Waals surface area contributed by atoms with Crippen molar-refractivity contribution in [2.45, 2.75) is 62.4 Å². The van der Waals surface area contributed by atoms with Crippen molar-refractivity contribution in [1.29, 1.82) is 0 Å². The van der Waals surface area contributed by atoms with Gasteiger partial charge in [-0.2, -0.15) is 0 Å². The van der Waals surface area contributed by atoms with Gasteiger partial charge in [-0.05, 0) is 166 Å². The number of benzene rings is 13. The minimum atomic E-state index is 0.114. The summed E-state index contributed by atoms with van der Waals surface area (Å²) < 4.78 is 19.2. The molecule has 0 saturated carbocycles. The number of hydrogen-bond donors (Lipinski definition) is 1. The molecule has 1 N–H and O–H groups in total. The highest BCUT2D eigenvalue weighted by Crippen LogP contribution is 2.51. The zero-order valence-corrected chi connectivity index (χ0v) is 73.7. The van der Waals surface area contributed by atoms with Crippen molar-refractivity contribution in [1.82, 2.24) is 45.2 Å². The van der Waals surface area contributed by atoms with Crippen LogP contribution in [0.2, 0.25) is 0 Å². The van der Waals surface area contributed by atoms with Crippen LogP contribution in [-0.4, -0.2) is 58.2 Å². The standard InChI is InChI=1S/C41H29N3O.C41H27N3O.C40H30N4O/c1-3-10-26(11-4-1)35-23-29(24-36(43-35)27-12-5-2-6-13-27)28-18-20-34-37(22-28)44-38(25-42-34)30-19-21-40-41-32(30)15-9-16-33(41)31-14-7-8-17-39(31)45-40;1-3-10-26(11-4-1)29-23-35(27-12-5-2-6-13-27)43-36(24-29)28-18-20-34-37(22-28)44-38(25-42-34)30-19-21-40-41-32(30)15-9-16-33(41)31-14-7-8-17-39(31)45-40;1-3-10-25(11-4-1)33-23-34(44-40(43-33)26-12-5-2-6-13-26)27-18-20-32-35(22-27)42-36(24-41-32)28-19-21-38-39-30(28)15-9-16-31(39)29-14-7-8-17-37(29)45-38/h1-21,23-24,28,42H,22,25H2;1-10,12-26H,11H2;1-10,12-16,18,20,22-25,37H,11,17,19,21H2. The van der Waals surface area contributed by atoms with Gasteiger partial charge in [-0.3, -0.25) is 15.0 Å². The molecule has 4 unspecified atom stereocenters. The minimum Gasteiger partial charge on any atom is -0.489 e. The lowest BCUT2D eigenvalue weighted by Gasteiger charge is -2.32. The third-order valence-corrected chi connectivity index (χ3v) is 27.2. The molecule has 9 aliphatic rings. The van der Waals surface area contributed by atoms with Gasteiger partial charge in [0.2, 0.25) is 0 Å². The number of nitrogens with one attached hydrogen (secondary N) is 1. The molecule has 5 aromatic heterocycles. The highest BCUT2D eigenvalue weighted by Gasteiger charge is 2.32. The van der Waals surface area contributed by atoms with E-state index in [9.17, 15) is 0 Å². The molecule has 9 heterocycles. The summed E-state index contributed by atoms with van der Waals surface area (Å²) in [6, 6.07) is 110. The number of para-hydroxylation sites is 2. The summed E-state index contributed by atoms with van der Waals surface area (Å²) in [7, 11) is 0. The quantitative estimate of drug-likeness (QED) is 0.124. The van der Waals surface area contributed by atoms with E-state index in [1.807, 2.05) is 85.2 Å². The molecule has 0 spiro atoms. The van der Waals surface area contributed by atoms with Gasteiger partial charge in [-0.15, -0.1) is 0 Å². The van der Waals surface area contributed by atoms with E-state index in [1.165, 1.54) is 54.8 Å². The normalized spacial score (nSPS) is 16.9. The number of hydrogen-bond acceptors (Lipinski definition) is 13. The average molecular weight is 1740 g/mol. The fourth-order valence-corrected chi connectivity index (χ4v) is 20.5. The first kappa shape index (κ1) is 80.1. The Morgan fingerprint density at radius 1 is 0.341 bits per heavy atom. The predicted molar refractivity (Wildman–Crippen MR) is 544 cm³/mol. The van der Waals surface area contributed by atoms with Gasteiger partial charge in [-0.1, -0.05) is 297 Å². The number of fused-ring (bicyclic) bond motifs is 8. The van der Waals surface area contributed by atoms with E-state index in [1.54, 1.807) is 0 Å². The number of rotatable bonds is 12. The Morgan fingerprint density at radius 2 is 0.867 bits per heavy atom. The number of pyridine rings is 2. The summed E-state index contributed by atoms with van der Waals surface area (Å²) in [6.45, 7) is 0.676. The second kappa shape index (κ2) is 34.4. The topological polar surface area (TPSA) is 155 Å². The maximum Gasteiger partial charge on any atom is 0.160 e. The molecule has 18 aromatic rings. The van der Waals surface area contributed by atoms with Gasteiger partial charge in [0, 0.05) is 114 Å². The molecule has 4 aliphatic heterocycles. The third kappa shape index (κ3) is 15.2. The van der Waals surface area contributed by atoms with Crippen LogP contribution < -0.4 is 25.2 Å². The van der Waals surface area contributed by atoms with E-state index in [0.29, 0.717) is 12.5 Å². The molecule has 0 bridgehead atoms. The monoisotopic (exact) mass is 1740 g/mol. The van der Waals surface area contributed by atoms with Crippen molar-refractivity contribution >= 4 is 66.2 Å². The van der Waals surface area contributed by atoms with Crippen molar-refractivity contribution in [3.63, 3.8) is 0 Å². The van der Waals surface area contributed by atoms with Crippen LogP contribution >= 0.6 is 0 Å². The Kier molecular flexibility index (Phi) is 20.4. The molecule has 13 aromatic carbocycles. The van der Waals surface area contributed by atoms with E-state index in [-0.39, 0.29) is 17.9 Å². The van der Waals surface area contributed by atoms with Crippen LogP contribution in [0.3, 0.4) is 0 Å². The van der Waals surface area contributed by atoms with Crippen molar-refractivity contribution < 1.29 is 14.2 Å². The largest absolute Gasteiger partial charge is 0.489 e. The van der Waals surface area contributed by atoms with Crippen LogP contribution in [0.15, 0.2) is 423 Å². The molecule has 5 aliphatic carbocycles. The molecule has 642 valence electrons. The molecule has 27 rings (SSSR count). The lowest BCUT2D eigenvalue weighted by atomic mass is 9.85. The Labute approximate surface area is 780 Å². The number of aliphatic imine (C=N–C) groups is 1. The summed E-state index contributed by atoms with van der Waals surface area (Å²) in [6.07, 6.45) is 37.7. The first-order chi connectivity index (χ1) is 66.8. The highest BCUT2D eigenvalue weighted by molar-refractivity contribution is 6.17. The second-order valence-corrected chi connectivity index (χ2v) is 35.4.